The maximum absolute atomic E-state index is 10.1. The van der Waals surface area contributed by atoms with Gasteiger partial charge in [0.15, 0.2) is 0 Å². The summed E-state index contributed by atoms with van der Waals surface area (Å²) >= 11 is 7.47. The number of ether oxygens (including phenoxy) is 1. The molecule has 2 heterocycles. The fourth-order valence-corrected chi connectivity index (χ4v) is 3.05. The number of halogens is 1. The summed E-state index contributed by atoms with van der Waals surface area (Å²) in [6, 6.07) is 1.82. The first-order valence-electron chi connectivity index (χ1n) is 4.71. The zero-order chi connectivity index (χ0) is 10.1. The molecule has 1 fully saturated rings. The lowest BCUT2D eigenvalue weighted by Crippen LogP contribution is -2.11. The zero-order valence-electron chi connectivity index (χ0n) is 7.94. The number of hydrogen-bond acceptors (Lipinski definition) is 3. The number of thiophene rings is 1. The smallest absolute Gasteiger partial charge is 0.0947 e. The summed E-state index contributed by atoms with van der Waals surface area (Å²) in [6.45, 7) is 2.67. The Morgan fingerprint density at radius 2 is 2.50 bits per heavy atom. The minimum absolute atomic E-state index is 0.196. The van der Waals surface area contributed by atoms with E-state index in [0.717, 1.165) is 11.3 Å². The van der Waals surface area contributed by atoms with Crippen LogP contribution in [-0.4, -0.2) is 17.8 Å². The van der Waals surface area contributed by atoms with Gasteiger partial charge in [-0.1, -0.05) is 11.6 Å². The summed E-state index contributed by atoms with van der Waals surface area (Å²) in [4.78, 5) is 0.870. The van der Waals surface area contributed by atoms with Gasteiger partial charge < -0.3 is 9.84 Å². The van der Waals surface area contributed by atoms with E-state index in [1.165, 1.54) is 11.3 Å². The van der Waals surface area contributed by atoms with E-state index in [9.17, 15) is 5.11 Å². The van der Waals surface area contributed by atoms with E-state index in [1.54, 1.807) is 0 Å². The number of aliphatic hydroxyl groups excluding tert-OH is 1. The van der Waals surface area contributed by atoms with Crippen LogP contribution < -0.4 is 0 Å². The predicted octanol–water partition coefficient (Wildman–Crippen LogP) is 2.86. The van der Waals surface area contributed by atoms with E-state index in [2.05, 4.69) is 0 Å². The maximum atomic E-state index is 10.1. The Morgan fingerprint density at radius 3 is 3.00 bits per heavy atom. The van der Waals surface area contributed by atoms with Gasteiger partial charge in [0.05, 0.1) is 28.7 Å². The molecule has 1 N–H and O–H groups in total. The fraction of sp³-hybridized carbons (Fsp3) is 0.600. The minimum Gasteiger partial charge on any atom is -0.387 e. The Hall–Kier alpha value is -0.0900. The monoisotopic (exact) mass is 232 g/mol. The van der Waals surface area contributed by atoms with Crippen LogP contribution in [-0.2, 0) is 4.74 Å². The number of rotatable bonds is 2. The summed E-state index contributed by atoms with van der Waals surface area (Å²) in [5.41, 5.74) is 0. The van der Waals surface area contributed by atoms with Crippen molar-refractivity contribution in [2.75, 3.05) is 6.61 Å². The van der Waals surface area contributed by atoms with Crippen LogP contribution in [0, 0.1) is 5.92 Å². The molecule has 78 valence electrons. The van der Waals surface area contributed by atoms with Crippen molar-refractivity contribution in [1.82, 2.24) is 0 Å². The maximum Gasteiger partial charge on any atom is 0.0947 e. The number of aliphatic hydroxyl groups is 1. The van der Waals surface area contributed by atoms with Crippen LogP contribution in [0.5, 0.6) is 0 Å². The molecule has 0 bridgehead atoms. The van der Waals surface area contributed by atoms with Crippen molar-refractivity contribution in [3.8, 4) is 0 Å². The van der Waals surface area contributed by atoms with E-state index in [0.29, 0.717) is 11.6 Å². The fourth-order valence-electron chi connectivity index (χ4n) is 1.80. The van der Waals surface area contributed by atoms with Crippen LogP contribution in [0.4, 0.5) is 0 Å². The molecule has 1 saturated heterocycles. The molecule has 3 atom stereocenters. The highest BCUT2D eigenvalue weighted by Crippen LogP contribution is 2.37. The third-order valence-corrected chi connectivity index (χ3v) is 4.02. The molecule has 1 aromatic heterocycles. The predicted molar refractivity (Wildman–Crippen MR) is 57.8 cm³/mol. The van der Waals surface area contributed by atoms with Gasteiger partial charge in [0.1, 0.15) is 0 Å². The molecule has 0 saturated carbocycles. The van der Waals surface area contributed by atoms with Gasteiger partial charge in [-0.25, -0.2) is 0 Å². The average molecular weight is 233 g/mol. The van der Waals surface area contributed by atoms with Gasteiger partial charge in [0.25, 0.3) is 0 Å². The van der Waals surface area contributed by atoms with Crippen molar-refractivity contribution >= 4 is 22.9 Å². The van der Waals surface area contributed by atoms with Crippen molar-refractivity contribution in [2.24, 2.45) is 5.92 Å². The molecular formula is C10H13ClO2S. The molecular weight excluding hydrogens is 220 g/mol. The van der Waals surface area contributed by atoms with E-state index < -0.39 is 6.10 Å². The average Bonchev–Trinajstić information content (AvgIpc) is 2.73. The van der Waals surface area contributed by atoms with Gasteiger partial charge in [0, 0.05) is 5.92 Å². The topological polar surface area (TPSA) is 29.5 Å². The lowest BCUT2D eigenvalue weighted by Gasteiger charge is -2.15. The molecule has 2 rings (SSSR count). The van der Waals surface area contributed by atoms with Crippen molar-refractivity contribution in [3.05, 3.63) is 21.3 Å². The Kier molecular flexibility index (Phi) is 3.12. The van der Waals surface area contributed by atoms with Gasteiger partial charge >= 0.3 is 0 Å². The quantitative estimate of drug-likeness (QED) is 0.850. The lowest BCUT2D eigenvalue weighted by molar-refractivity contribution is 0.0823. The standard InChI is InChI=1S/C10H13ClO2S/c1-6-4-7(5-13-6)9(12)10-8(11)2-3-14-10/h2-3,6-7,9,12H,4-5H2,1H3. The van der Waals surface area contributed by atoms with Crippen LogP contribution in [0.3, 0.4) is 0 Å². The molecule has 3 unspecified atom stereocenters. The highest BCUT2D eigenvalue weighted by molar-refractivity contribution is 7.10. The SMILES string of the molecule is CC1CC(C(O)c2sccc2Cl)CO1. The molecule has 0 radical (unpaired) electrons. The minimum atomic E-state index is -0.465. The molecule has 0 spiro atoms. The second-order valence-electron chi connectivity index (χ2n) is 3.72. The third-order valence-electron chi connectivity index (χ3n) is 2.59. The van der Waals surface area contributed by atoms with Gasteiger partial charge in [-0.2, -0.15) is 0 Å². The Bertz CT molecular complexity index is 313. The molecule has 4 heteroatoms. The van der Waals surface area contributed by atoms with E-state index >= 15 is 0 Å². The van der Waals surface area contributed by atoms with E-state index in [-0.39, 0.29) is 12.0 Å². The Labute approximate surface area is 92.5 Å². The first-order chi connectivity index (χ1) is 6.68. The Balaban J connectivity index is 2.09. The van der Waals surface area contributed by atoms with Crippen molar-refractivity contribution in [1.29, 1.82) is 0 Å². The number of hydrogen-bond donors (Lipinski definition) is 1. The summed E-state index contributed by atoms with van der Waals surface area (Å²) < 4.78 is 5.43. The summed E-state index contributed by atoms with van der Waals surface area (Å²) in [5.74, 6) is 0.196. The summed E-state index contributed by atoms with van der Waals surface area (Å²) in [5, 5.41) is 12.6. The van der Waals surface area contributed by atoms with Gasteiger partial charge in [-0.3, -0.25) is 0 Å². The normalized spacial score (nSPS) is 29.4. The van der Waals surface area contributed by atoms with E-state index in [4.69, 9.17) is 16.3 Å². The van der Waals surface area contributed by atoms with Crippen molar-refractivity contribution < 1.29 is 9.84 Å². The van der Waals surface area contributed by atoms with Crippen LogP contribution in [0.1, 0.15) is 24.3 Å². The molecule has 0 amide bonds. The molecule has 1 aliphatic rings. The highest BCUT2D eigenvalue weighted by atomic mass is 35.5. The van der Waals surface area contributed by atoms with Crippen LogP contribution in [0.25, 0.3) is 0 Å². The zero-order valence-corrected chi connectivity index (χ0v) is 9.52. The molecule has 14 heavy (non-hydrogen) atoms. The van der Waals surface area contributed by atoms with Crippen molar-refractivity contribution in [2.45, 2.75) is 25.6 Å². The van der Waals surface area contributed by atoms with Crippen LogP contribution in [0.2, 0.25) is 5.02 Å². The third kappa shape index (κ3) is 1.96. The first-order valence-corrected chi connectivity index (χ1v) is 5.97. The molecule has 1 aliphatic heterocycles. The lowest BCUT2D eigenvalue weighted by atomic mass is 9.98. The van der Waals surface area contributed by atoms with Gasteiger partial charge in [0.2, 0.25) is 0 Å². The molecule has 0 aromatic carbocycles. The Morgan fingerprint density at radius 1 is 1.71 bits per heavy atom. The molecule has 1 aromatic rings. The van der Waals surface area contributed by atoms with Gasteiger partial charge in [-0.15, -0.1) is 11.3 Å². The highest BCUT2D eigenvalue weighted by Gasteiger charge is 2.30. The second-order valence-corrected chi connectivity index (χ2v) is 5.07. The van der Waals surface area contributed by atoms with Gasteiger partial charge in [-0.05, 0) is 24.8 Å². The first kappa shape index (κ1) is 10.4. The van der Waals surface area contributed by atoms with Crippen LogP contribution >= 0.6 is 22.9 Å². The largest absolute Gasteiger partial charge is 0.387 e. The summed E-state index contributed by atoms with van der Waals surface area (Å²) in [6.07, 6.45) is 0.705. The summed E-state index contributed by atoms with van der Waals surface area (Å²) in [7, 11) is 0. The van der Waals surface area contributed by atoms with Crippen LogP contribution in [0.15, 0.2) is 11.4 Å². The molecule has 0 aliphatic carbocycles. The molecule has 2 nitrogen and oxygen atoms in total. The van der Waals surface area contributed by atoms with E-state index in [1.807, 2.05) is 18.4 Å². The second kappa shape index (κ2) is 4.19. The van der Waals surface area contributed by atoms with Crippen molar-refractivity contribution in [3.63, 3.8) is 0 Å².